The van der Waals surface area contributed by atoms with Crippen LogP contribution in [0, 0.1) is 0 Å². The van der Waals surface area contributed by atoms with E-state index < -0.39 is 48.0 Å². The molecule has 3 N–H and O–H groups in total. The molecule has 0 bridgehead atoms. The maximum Gasteiger partial charge on any atom is 0.325 e. The van der Waals surface area contributed by atoms with Gasteiger partial charge in [-0.15, -0.1) is 0 Å². The molecular formula is C19H23N5O6. The second-order valence-electron chi connectivity index (χ2n) is 6.79. The van der Waals surface area contributed by atoms with Gasteiger partial charge in [0.2, 0.25) is 11.8 Å². The van der Waals surface area contributed by atoms with Gasteiger partial charge in [0, 0.05) is 26.7 Å². The highest BCUT2D eigenvalue weighted by molar-refractivity contribution is 6.38. The van der Waals surface area contributed by atoms with Crippen molar-refractivity contribution in [2.45, 2.75) is 25.2 Å². The molecule has 0 spiro atoms. The molecule has 1 aromatic carbocycles. The van der Waals surface area contributed by atoms with Gasteiger partial charge in [-0.25, -0.2) is 4.79 Å². The molecular weight excluding hydrogens is 394 g/mol. The first kappa shape index (κ1) is 21.2. The van der Waals surface area contributed by atoms with Crippen molar-refractivity contribution in [1.82, 2.24) is 25.8 Å². The molecule has 2 aliphatic rings. The van der Waals surface area contributed by atoms with Crippen LogP contribution in [0.4, 0.5) is 4.79 Å². The standard InChI is InChI=1S/C19H23N5O6/c1-3-23-9-10-24(18(28)17(23)27)19(29)21-12(11-7-5-4-6-8-11)14(25)20-13-15(26)22-16(13)30-2/h4-8,12-13,16H,3,9-10H2,1-2H3,(H,20,25)(H,21,29)(H,22,26)/t12?,13-,16+/m1/s1. The van der Waals surface area contributed by atoms with Crippen LogP contribution in [0.2, 0.25) is 0 Å². The lowest BCUT2D eigenvalue weighted by Gasteiger charge is -2.36. The van der Waals surface area contributed by atoms with Gasteiger partial charge in [-0.3, -0.25) is 24.1 Å². The molecule has 0 radical (unpaired) electrons. The summed E-state index contributed by atoms with van der Waals surface area (Å²) in [5.74, 6) is -2.79. The summed E-state index contributed by atoms with van der Waals surface area (Å²) in [6.07, 6.45) is -0.671. The highest BCUT2D eigenvalue weighted by atomic mass is 16.5. The minimum atomic E-state index is -1.18. The summed E-state index contributed by atoms with van der Waals surface area (Å²) in [6.45, 7) is 2.33. The quantitative estimate of drug-likeness (QED) is 0.389. The normalized spacial score (nSPS) is 22.1. The average Bonchev–Trinajstić information content (AvgIpc) is 2.76. The van der Waals surface area contributed by atoms with Gasteiger partial charge in [0.15, 0.2) is 12.3 Å². The van der Waals surface area contributed by atoms with Gasteiger partial charge >= 0.3 is 17.8 Å². The molecule has 2 aliphatic heterocycles. The molecule has 30 heavy (non-hydrogen) atoms. The number of nitrogens with one attached hydrogen (secondary N) is 3. The van der Waals surface area contributed by atoms with E-state index in [0.717, 1.165) is 4.90 Å². The van der Waals surface area contributed by atoms with Crippen molar-refractivity contribution in [1.29, 1.82) is 0 Å². The lowest BCUT2D eigenvalue weighted by Crippen LogP contribution is -2.70. The Balaban J connectivity index is 1.76. The van der Waals surface area contributed by atoms with E-state index in [4.69, 9.17) is 4.74 Å². The van der Waals surface area contributed by atoms with Crippen LogP contribution in [0.5, 0.6) is 0 Å². The summed E-state index contributed by atoms with van der Waals surface area (Å²) in [4.78, 5) is 63.8. The van der Waals surface area contributed by atoms with E-state index in [9.17, 15) is 24.0 Å². The number of likely N-dealkylation sites (N-methyl/N-ethyl adjacent to an activating group) is 1. The van der Waals surface area contributed by atoms with Gasteiger partial charge in [0.25, 0.3) is 0 Å². The van der Waals surface area contributed by atoms with Crippen LogP contribution in [0.15, 0.2) is 30.3 Å². The number of rotatable bonds is 6. The van der Waals surface area contributed by atoms with E-state index in [1.54, 1.807) is 37.3 Å². The molecule has 11 nitrogen and oxygen atoms in total. The molecule has 2 saturated heterocycles. The summed E-state index contributed by atoms with van der Waals surface area (Å²) in [6, 6.07) is 5.41. The number of urea groups is 1. The molecule has 0 aliphatic carbocycles. The van der Waals surface area contributed by atoms with Gasteiger partial charge in [-0.05, 0) is 12.5 Å². The molecule has 1 unspecified atom stereocenters. The van der Waals surface area contributed by atoms with Crippen molar-refractivity contribution in [3.8, 4) is 0 Å². The van der Waals surface area contributed by atoms with E-state index >= 15 is 0 Å². The number of piperazine rings is 1. The minimum absolute atomic E-state index is 0.0180. The Kier molecular flexibility index (Phi) is 6.31. The fourth-order valence-corrected chi connectivity index (χ4v) is 3.24. The van der Waals surface area contributed by atoms with Crippen LogP contribution < -0.4 is 16.0 Å². The van der Waals surface area contributed by atoms with Gasteiger partial charge < -0.3 is 25.6 Å². The van der Waals surface area contributed by atoms with Gasteiger partial charge in [-0.2, -0.15) is 0 Å². The largest absolute Gasteiger partial charge is 0.359 e. The molecule has 0 saturated carbocycles. The second kappa shape index (κ2) is 8.91. The SMILES string of the molecule is CCN1CCN(C(=O)NC(C(=O)N[C@@H]2C(=O)N[C@H]2OC)c2ccccc2)C(=O)C1=O. The van der Waals surface area contributed by atoms with Gasteiger partial charge in [0.05, 0.1) is 0 Å². The molecule has 11 heteroatoms. The summed E-state index contributed by atoms with van der Waals surface area (Å²) < 4.78 is 5.05. The fraction of sp³-hybridized carbons (Fsp3) is 0.421. The predicted octanol–water partition coefficient (Wildman–Crippen LogP) is -1.28. The first-order valence-corrected chi connectivity index (χ1v) is 9.47. The third-order valence-electron chi connectivity index (χ3n) is 5.02. The van der Waals surface area contributed by atoms with Crippen molar-refractivity contribution >= 4 is 29.7 Å². The van der Waals surface area contributed by atoms with E-state index in [2.05, 4.69) is 16.0 Å². The summed E-state index contributed by atoms with van der Waals surface area (Å²) >= 11 is 0. The topological polar surface area (TPSA) is 137 Å². The second-order valence-corrected chi connectivity index (χ2v) is 6.79. The Hall–Kier alpha value is -3.47. The van der Waals surface area contributed by atoms with Crippen LogP contribution in [0.1, 0.15) is 18.5 Å². The third kappa shape index (κ3) is 4.10. The summed E-state index contributed by atoms with van der Waals surface area (Å²) in [7, 11) is 1.39. The Morgan fingerprint density at radius 1 is 1.17 bits per heavy atom. The molecule has 3 rings (SSSR count). The Morgan fingerprint density at radius 2 is 1.87 bits per heavy atom. The number of imide groups is 1. The van der Waals surface area contributed by atoms with Crippen LogP contribution in [-0.4, -0.2) is 78.5 Å². The van der Waals surface area contributed by atoms with E-state index in [0.29, 0.717) is 12.1 Å². The number of benzene rings is 1. The van der Waals surface area contributed by atoms with E-state index in [-0.39, 0.29) is 13.1 Å². The zero-order chi connectivity index (χ0) is 21.8. The number of nitrogens with zero attached hydrogens (tertiary/aromatic N) is 2. The fourth-order valence-electron chi connectivity index (χ4n) is 3.24. The van der Waals surface area contributed by atoms with Crippen LogP contribution >= 0.6 is 0 Å². The number of carbonyl (C=O) groups excluding carboxylic acids is 5. The first-order valence-electron chi connectivity index (χ1n) is 9.47. The van der Waals surface area contributed by atoms with Crippen LogP contribution in [-0.2, 0) is 23.9 Å². The molecule has 160 valence electrons. The van der Waals surface area contributed by atoms with Gasteiger partial charge in [0.1, 0.15) is 6.04 Å². The Bertz CT molecular complexity index is 860. The summed E-state index contributed by atoms with van der Waals surface area (Å²) in [5.41, 5.74) is 0.447. The number of carbonyl (C=O) groups is 5. The average molecular weight is 417 g/mol. The lowest BCUT2D eigenvalue weighted by molar-refractivity contribution is -0.153. The number of amides is 6. The molecule has 0 aromatic heterocycles. The van der Waals surface area contributed by atoms with E-state index in [1.165, 1.54) is 12.0 Å². The highest BCUT2D eigenvalue weighted by Crippen LogP contribution is 2.16. The smallest absolute Gasteiger partial charge is 0.325 e. The monoisotopic (exact) mass is 417 g/mol. The van der Waals surface area contributed by atoms with Crippen molar-refractivity contribution < 1.29 is 28.7 Å². The Labute approximate surface area is 172 Å². The minimum Gasteiger partial charge on any atom is -0.359 e. The number of hydrogen-bond acceptors (Lipinski definition) is 6. The first-order chi connectivity index (χ1) is 14.4. The van der Waals surface area contributed by atoms with Crippen molar-refractivity contribution in [2.24, 2.45) is 0 Å². The van der Waals surface area contributed by atoms with Crippen LogP contribution in [0.25, 0.3) is 0 Å². The molecule has 3 atom stereocenters. The number of methoxy groups -OCH3 is 1. The highest BCUT2D eigenvalue weighted by Gasteiger charge is 2.42. The number of ether oxygens (including phenoxy) is 1. The lowest BCUT2D eigenvalue weighted by atomic mass is 10.0. The number of hydrogen-bond donors (Lipinski definition) is 3. The maximum atomic E-state index is 12.9. The van der Waals surface area contributed by atoms with E-state index in [1.807, 2.05) is 0 Å². The van der Waals surface area contributed by atoms with Crippen LogP contribution in [0.3, 0.4) is 0 Å². The molecule has 1 aromatic rings. The summed E-state index contributed by atoms with van der Waals surface area (Å²) in [5, 5.41) is 7.52. The molecule has 6 amide bonds. The zero-order valence-corrected chi connectivity index (χ0v) is 16.6. The van der Waals surface area contributed by atoms with Crippen molar-refractivity contribution in [3.63, 3.8) is 0 Å². The Morgan fingerprint density at radius 3 is 2.47 bits per heavy atom. The zero-order valence-electron chi connectivity index (χ0n) is 16.6. The number of β-lactam (4-membered cyclic amide) rings is 1. The maximum absolute atomic E-state index is 12.9. The van der Waals surface area contributed by atoms with Gasteiger partial charge in [-0.1, -0.05) is 30.3 Å². The predicted molar refractivity (Wildman–Crippen MR) is 103 cm³/mol. The van der Waals surface area contributed by atoms with Crippen molar-refractivity contribution in [3.05, 3.63) is 35.9 Å². The third-order valence-corrected chi connectivity index (χ3v) is 5.02. The molecule has 2 fully saturated rings. The molecule has 2 heterocycles. The van der Waals surface area contributed by atoms with Crippen molar-refractivity contribution in [2.75, 3.05) is 26.7 Å².